The van der Waals surface area contributed by atoms with Crippen LogP contribution in [0.15, 0.2) is 36.7 Å². The molecule has 6 heteroatoms. The second-order valence-corrected chi connectivity index (χ2v) is 6.02. The Morgan fingerprint density at radius 3 is 2.80 bits per heavy atom. The van der Waals surface area contributed by atoms with E-state index < -0.39 is 6.04 Å². The van der Waals surface area contributed by atoms with E-state index in [-0.39, 0.29) is 12.0 Å². The number of pyridine rings is 1. The van der Waals surface area contributed by atoms with Gasteiger partial charge in [0.1, 0.15) is 6.04 Å². The first-order valence-electron chi connectivity index (χ1n) is 6.11. The van der Waals surface area contributed by atoms with Gasteiger partial charge in [0, 0.05) is 23.3 Å². The molecule has 0 aliphatic rings. The Bertz CT molecular complexity index is 574. The molecule has 0 aliphatic heterocycles. The molecule has 0 aliphatic carbocycles. The molecule has 1 N–H and O–H groups in total. The zero-order valence-corrected chi connectivity index (χ0v) is 12.7. The van der Waals surface area contributed by atoms with Crippen LogP contribution >= 0.6 is 22.9 Å². The molecule has 106 valence electrons. The average molecular weight is 311 g/mol. The van der Waals surface area contributed by atoms with Gasteiger partial charge in [0.2, 0.25) is 0 Å². The van der Waals surface area contributed by atoms with Crippen molar-refractivity contribution in [1.29, 1.82) is 0 Å². The van der Waals surface area contributed by atoms with Crippen LogP contribution in [0.5, 0.6) is 0 Å². The molecule has 20 heavy (non-hydrogen) atoms. The zero-order chi connectivity index (χ0) is 14.5. The van der Waals surface area contributed by atoms with Gasteiger partial charge in [-0.1, -0.05) is 17.7 Å². The van der Waals surface area contributed by atoms with Crippen LogP contribution in [0.3, 0.4) is 0 Å². The molecular weight excluding hydrogens is 296 g/mol. The van der Waals surface area contributed by atoms with Gasteiger partial charge in [-0.05, 0) is 30.7 Å². The molecule has 2 atom stereocenters. The fourth-order valence-electron chi connectivity index (χ4n) is 1.86. The smallest absolute Gasteiger partial charge is 0.327 e. The number of carbonyl (C=O) groups is 1. The standard InChI is InChI=1S/C14H15ClN2O2S/c1-9(11-5-6-12(15)20-11)17-13(14(18)19-2)10-4-3-7-16-8-10/h3-9,13,17H,1-2H3/t9-,13-/m1/s1. The Morgan fingerprint density at radius 1 is 1.45 bits per heavy atom. The van der Waals surface area contributed by atoms with Crippen molar-refractivity contribution in [2.75, 3.05) is 7.11 Å². The first-order chi connectivity index (χ1) is 9.61. The van der Waals surface area contributed by atoms with Gasteiger partial charge in [0.05, 0.1) is 11.4 Å². The van der Waals surface area contributed by atoms with E-state index in [4.69, 9.17) is 16.3 Å². The second kappa shape index (κ2) is 6.83. The van der Waals surface area contributed by atoms with Crippen LogP contribution in [0.4, 0.5) is 0 Å². The van der Waals surface area contributed by atoms with E-state index in [2.05, 4.69) is 10.3 Å². The summed E-state index contributed by atoms with van der Waals surface area (Å²) in [7, 11) is 1.38. The Hall–Kier alpha value is -1.43. The molecule has 4 nitrogen and oxygen atoms in total. The van der Waals surface area contributed by atoms with Crippen LogP contribution in [-0.4, -0.2) is 18.1 Å². The van der Waals surface area contributed by atoms with Crippen LogP contribution < -0.4 is 5.32 Å². The number of nitrogens with one attached hydrogen (secondary N) is 1. The highest BCUT2D eigenvalue weighted by molar-refractivity contribution is 7.16. The van der Waals surface area contributed by atoms with Gasteiger partial charge < -0.3 is 4.74 Å². The fraction of sp³-hybridized carbons (Fsp3) is 0.286. The van der Waals surface area contributed by atoms with Crippen molar-refractivity contribution in [3.05, 3.63) is 51.4 Å². The highest BCUT2D eigenvalue weighted by atomic mass is 35.5. The number of aromatic nitrogens is 1. The van der Waals surface area contributed by atoms with Gasteiger partial charge in [-0.15, -0.1) is 11.3 Å². The maximum Gasteiger partial charge on any atom is 0.327 e. The largest absolute Gasteiger partial charge is 0.468 e. The number of nitrogens with zero attached hydrogens (tertiary/aromatic N) is 1. The number of rotatable bonds is 5. The number of thiophene rings is 1. The van der Waals surface area contributed by atoms with Crippen molar-refractivity contribution >= 4 is 28.9 Å². The van der Waals surface area contributed by atoms with Gasteiger partial charge in [-0.25, -0.2) is 4.79 Å². The molecule has 0 saturated carbocycles. The van der Waals surface area contributed by atoms with E-state index in [9.17, 15) is 4.79 Å². The van der Waals surface area contributed by atoms with Crippen LogP contribution in [0.25, 0.3) is 0 Å². The van der Waals surface area contributed by atoms with E-state index in [0.29, 0.717) is 0 Å². The normalized spacial score (nSPS) is 13.8. The summed E-state index contributed by atoms with van der Waals surface area (Å²) in [6.45, 7) is 1.98. The summed E-state index contributed by atoms with van der Waals surface area (Å²) in [5.74, 6) is -0.340. The predicted molar refractivity (Wildman–Crippen MR) is 79.9 cm³/mol. The number of esters is 1. The minimum Gasteiger partial charge on any atom is -0.468 e. The minimum atomic E-state index is -0.551. The van der Waals surface area contributed by atoms with E-state index in [1.54, 1.807) is 18.5 Å². The number of hydrogen-bond acceptors (Lipinski definition) is 5. The third kappa shape index (κ3) is 3.56. The summed E-state index contributed by atoms with van der Waals surface area (Å²) in [6.07, 6.45) is 3.32. The molecule has 0 aromatic carbocycles. The molecule has 0 unspecified atom stereocenters. The molecule has 0 radical (unpaired) electrons. The quantitative estimate of drug-likeness (QED) is 0.860. The SMILES string of the molecule is COC(=O)[C@H](N[C@H](C)c1ccc(Cl)s1)c1cccnc1. The molecule has 0 bridgehead atoms. The molecule has 2 aromatic rings. The lowest BCUT2D eigenvalue weighted by Crippen LogP contribution is -2.31. The molecule has 0 amide bonds. The third-order valence-corrected chi connectivity index (χ3v) is 4.31. The van der Waals surface area contributed by atoms with Crippen LogP contribution in [0.1, 0.15) is 29.4 Å². The molecule has 0 saturated heterocycles. The van der Waals surface area contributed by atoms with Crippen molar-refractivity contribution in [1.82, 2.24) is 10.3 Å². The van der Waals surface area contributed by atoms with E-state index in [0.717, 1.165) is 14.8 Å². The number of carbonyl (C=O) groups excluding carboxylic acids is 1. The number of halogens is 1. The highest BCUT2D eigenvalue weighted by Crippen LogP contribution is 2.28. The molecule has 0 fully saturated rings. The molecule has 2 heterocycles. The van der Waals surface area contributed by atoms with E-state index in [1.807, 2.05) is 25.1 Å². The van der Waals surface area contributed by atoms with Gasteiger partial charge in [0.15, 0.2) is 0 Å². The lowest BCUT2D eigenvalue weighted by Gasteiger charge is -2.20. The molecule has 2 rings (SSSR count). The summed E-state index contributed by atoms with van der Waals surface area (Å²) < 4.78 is 5.58. The lowest BCUT2D eigenvalue weighted by molar-refractivity contribution is -0.143. The first-order valence-corrected chi connectivity index (χ1v) is 7.30. The summed E-state index contributed by atoms with van der Waals surface area (Å²) in [5.41, 5.74) is 0.772. The molecule has 0 spiro atoms. The Kier molecular flexibility index (Phi) is 5.11. The summed E-state index contributed by atoms with van der Waals surface area (Å²) in [4.78, 5) is 17.1. The maximum atomic E-state index is 11.9. The molecular formula is C14H15ClN2O2S. The van der Waals surface area contributed by atoms with Crippen molar-refractivity contribution in [2.24, 2.45) is 0 Å². The summed E-state index contributed by atoms with van der Waals surface area (Å²) in [5, 5.41) is 3.25. The fourth-order valence-corrected chi connectivity index (χ4v) is 2.93. The van der Waals surface area contributed by atoms with Crippen molar-refractivity contribution in [3.63, 3.8) is 0 Å². The zero-order valence-electron chi connectivity index (χ0n) is 11.2. The Balaban J connectivity index is 2.18. The van der Waals surface area contributed by atoms with Crippen LogP contribution in [-0.2, 0) is 9.53 Å². The van der Waals surface area contributed by atoms with Gasteiger partial charge >= 0.3 is 5.97 Å². The Morgan fingerprint density at radius 2 is 2.25 bits per heavy atom. The van der Waals surface area contributed by atoms with E-state index in [1.165, 1.54) is 18.4 Å². The second-order valence-electron chi connectivity index (χ2n) is 4.27. The van der Waals surface area contributed by atoms with E-state index >= 15 is 0 Å². The lowest BCUT2D eigenvalue weighted by atomic mass is 10.1. The Labute approximate surface area is 126 Å². The average Bonchev–Trinajstić information content (AvgIpc) is 2.91. The van der Waals surface area contributed by atoms with Gasteiger partial charge in [-0.2, -0.15) is 0 Å². The number of hydrogen-bond donors (Lipinski definition) is 1. The maximum absolute atomic E-state index is 11.9. The number of ether oxygens (including phenoxy) is 1. The van der Waals surface area contributed by atoms with Crippen molar-refractivity contribution < 1.29 is 9.53 Å². The van der Waals surface area contributed by atoms with Gasteiger partial charge in [0.25, 0.3) is 0 Å². The topological polar surface area (TPSA) is 51.2 Å². The first kappa shape index (κ1) is 15.0. The van der Waals surface area contributed by atoms with Crippen molar-refractivity contribution in [3.8, 4) is 0 Å². The third-order valence-electron chi connectivity index (χ3n) is 2.89. The van der Waals surface area contributed by atoms with Gasteiger partial charge in [-0.3, -0.25) is 10.3 Å². The monoisotopic (exact) mass is 310 g/mol. The summed E-state index contributed by atoms with van der Waals surface area (Å²) >= 11 is 7.42. The predicted octanol–water partition coefficient (Wildman–Crippen LogP) is 3.36. The van der Waals surface area contributed by atoms with Crippen LogP contribution in [0, 0.1) is 0 Å². The minimum absolute atomic E-state index is 0.0168. The van der Waals surface area contributed by atoms with Crippen molar-refractivity contribution in [2.45, 2.75) is 19.0 Å². The molecule has 2 aromatic heterocycles. The summed E-state index contributed by atoms with van der Waals surface area (Å²) in [6, 6.07) is 6.86. The number of methoxy groups -OCH3 is 1. The highest BCUT2D eigenvalue weighted by Gasteiger charge is 2.24. The van der Waals surface area contributed by atoms with Crippen LogP contribution in [0.2, 0.25) is 4.34 Å².